The Labute approximate surface area is 109 Å². The number of tetrazole rings is 1. The summed E-state index contributed by atoms with van der Waals surface area (Å²) in [6.07, 6.45) is 1.85. The van der Waals surface area contributed by atoms with Gasteiger partial charge in [0.15, 0.2) is 5.82 Å². The van der Waals surface area contributed by atoms with Gasteiger partial charge < -0.3 is 4.74 Å². The van der Waals surface area contributed by atoms with E-state index in [1.165, 1.54) is 0 Å². The molecular formula is C12H14N6O. The Morgan fingerprint density at radius 2 is 2.05 bits per heavy atom. The zero-order valence-corrected chi connectivity index (χ0v) is 10.8. The number of nitrogens with zero attached hydrogens (tertiary/aromatic N) is 6. The van der Waals surface area contributed by atoms with Gasteiger partial charge in [0.1, 0.15) is 6.61 Å². The average molecular weight is 258 g/mol. The van der Waals surface area contributed by atoms with Crippen LogP contribution >= 0.6 is 0 Å². The van der Waals surface area contributed by atoms with E-state index in [-0.39, 0.29) is 0 Å². The molecule has 0 fully saturated rings. The average Bonchev–Trinajstić information content (AvgIpc) is 2.97. The third-order valence-corrected chi connectivity index (χ3v) is 3.02. The van der Waals surface area contributed by atoms with Crippen molar-refractivity contribution in [1.29, 1.82) is 0 Å². The van der Waals surface area contributed by atoms with Crippen LogP contribution in [0.4, 0.5) is 0 Å². The molecule has 7 heteroatoms. The first kappa shape index (κ1) is 11.8. The molecule has 0 amide bonds. The highest BCUT2D eigenvalue weighted by Gasteiger charge is 2.04. The number of aromatic nitrogens is 6. The molecule has 3 rings (SSSR count). The standard InChI is InChI=1S/C12H14N6O/c1-17-11-4-3-9(5-10(11)6-13-17)7-19-8-12-14-15-16-18(12)2/h3-6H,7-8H2,1-2H3. The molecule has 0 atom stereocenters. The fraction of sp³-hybridized carbons (Fsp3) is 0.333. The maximum absolute atomic E-state index is 5.61. The Morgan fingerprint density at radius 1 is 1.16 bits per heavy atom. The summed E-state index contributed by atoms with van der Waals surface area (Å²) in [6.45, 7) is 0.923. The van der Waals surface area contributed by atoms with Gasteiger partial charge in [0, 0.05) is 19.5 Å². The van der Waals surface area contributed by atoms with Crippen LogP contribution in [-0.4, -0.2) is 30.0 Å². The lowest BCUT2D eigenvalue weighted by molar-refractivity contribution is 0.0993. The van der Waals surface area contributed by atoms with Crippen LogP contribution in [0.15, 0.2) is 24.4 Å². The van der Waals surface area contributed by atoms with Gasteiger partial charge in [-0.2, -0.15) is 5.10 Å². The molecule has 7 nitrogen and oxygen atoms in total. The number of fused-ring (bicyclic) bond motifs is 1. The van der Waals surface area contributed by atoms with E-state index in [4.69, 9.17) is 4.74 Å². The minimum atomic E-state index is 0.397. The van der Waals surface area contributed by atoms with Crippen molar-refractivity contribution in [2.45, 2.75) is 13.2 Å². The fourth-order valence-corrected chi connectivity index (χ4v) is 1.93. The normalized spacial score (nSPS) is 11.3. The van der Waals surface area contributed by atoms with Crippen LogP contribution in [0.25, 0.3) is 10.9 Å². The summed E-state index contributed by atoms with van der Waals surface area (Å²) in [6, 6.07) is 6.17. The molecule has 0 aliphatic rings. The highest BCUT2D eigenvalue weighted by molar-refractivity contribution is 5.79. The van der Waals surface area contributed by atoms with Crippen LogP contribution in [0.2, 0.25) is 0 Å². The van der Waals surface area contributed by atoms with E-state index in [9.17, 15) is 0 Å². The Bertz CT molecular complexity index is 701. The van der Waals surface area contributed by atoms with Gasteiger partial charge >= 0.3 is 0 Å². The molecule has 1 aromatic carbocycles. The molecule has 19 heavy (non-hydrogen) atoms. The van der Waals surface area contributed by atoms with Crippen LogP contribution in [0.3, 0.4) is 0 Å². The van der Waals surface area contributed by atoms with Crippen molar-refractivity contribution in [2.75, 3.05) is 0 Å². The molecule has 2 heterocycles. The van der Waals surface area contributed by atoms with Gasteiger partial charge in [-0.15, -0.1) is 5.10 Å². The van der Waals surface area contributed by atoms with E-state index < -0.39 is 0 Å². The van der Waals surface area contributed by atoms with E-state index >= 15 is 0 Å². The Kier molecular flexibility index (Phi) is 2.96. The topological polar surface area (TPSA) is 70.7 Å². The minimum absolute atomic E-state index is 0.397. The highest BCUT2D eigenvalue weighted by atomic mass is 16.5. The van der Waals surface area contributed by atoms with Crippen molar-refractivity contribution in [3.63, 3.8) is 0 Å². The summed E-state index contributed by atoms with van der Waals surface area (Å²) in [5, 5.41) is 16.5. The van der Waals surface area contributed by atoms with E-state index in [1.54, 1.807) is 11.7 Å². The van der Waals surface area contributed by atoms with Crippen molar-refractivity contribution >= 4 is 10.9 Å². The maximum Gasteiger partial charge on any atom is 0.176 e. The summed E-state index contributed by atoms with van der Waals surface area (Å²) in [5.41, 5.74) is 2.22. The van der Waals surface area contributed by atoms with Crippen molar-refractivity contribution in [3.8, 4) is 0 Å². The van der Waals surface area contributed by atoms with Crippen molar-refractivity contribution < 1.29 is 4.74 Å². The van der Waals surface area contributed by atoms with Gasteiger partial charge in [-0.3, -0.25) is 4.68 Å². The second-order valence-corrected chi connectivity index (χ2v) is 4.37. The molecule has 0 saturated heterocycles. The molecule has 98 valence electrons. The first-order chi connectivity index (χ1) is 9.24. The Hall–Kier alpha value is -2.28. The van der Waals surface area contributed by atoms with Crippen LogP contribution in [0.1, 0.15) is 11.4 Å². The largest absolute Gasteiger partial charge is 0.369 e. The van der Waals surface area contributed by atoms with Crippen LogP contribution in [0.5, 0.6) is 0 Å². The van der Waals surface area contributed by atoms with Gasteiger partial charge in [-0.05, 0) is 28.1 Å². The predicted octanol–water partition coefficient (Wildman–Crippen LogP) is 0.814. The second-order valence-electron chi connectivity index (χ2n) is 4.37. The van der Waals surface area contributed by atoms with Crippen LogP contribution in [-0.2, 0) is 32.0 Å². The number of benzene rings is 1. The predicted molar refractivity (Wildman–Crippen MR) is 68.0 cm³/mol. The molecular weight excluding hydrogens is 244 g/mol. The second kappa shape index (κ2) is 4.77. The molecule has 3 aromatic rings. The lowest BCUT2D eigenvalue weighted by atomic mass is 10.2. The van der Waals surface area contributed by atoms with Gasteiger partial charge in [0.05, 0.1) is 18.3 Å². The van der Waals surface area contributed by atoms with Gasteiger partial charge in [-0.25, -0.2) is 4.68 Å². The molecule has 0 unspecified atom stereocenters. The van der Waals surface area contributed by atoms with Gasteiger partial charge in [0.2, 0.25) is 0 Å². The summed E-state index contributed by atoms with van der Waals surface area (Å²) >= 11 is 0. The summed E-state index contributed by atoms with van der Waals surface area (Å²) in [5.74, 6) is 0.711. The number of hydrogen-bond acceptors (Lipinski definition) is 5. The Balaban J connectivity index is 1.67. The number of rotatable bonds is 4. The maximum atomic E-state index is 5.61. The minimum Gasteiger partial charge on any atom is -0.369 e. The molecule has 0 radical (unpaired) electrons. The number of hydrogen-bond donors (Lipinski definition) is 0. The third-order valence-electron chi connectivity index (χ3n) is 3.02. The molecule has 0 aliphatic carbocycles. The summed E-state index contributed by atoms with van der Waals surface area (Å²) < 4.78 is 9.06. The van der Waals surface area contributed by atoms with Crippen LogP contribution in [0, 0.1) is 0 Å². The van der Waals surface area contributed by atoms with Crippen LogP contribution < -0.4 is 0 Å². The molecule has 2 aromatic heterocycles. The van der Waals surface area contributed by atoms with E-state index in [0.717, 1.165) is 16.5 Å². The van der Waals surface area contributed by atoms with E-state index in [0.29, 0.717) is 19.0 Å². The SMILES string of the molecule is Cn1nnnc1COCc1ccc2c(cnn2C)c1. The van der Waals surface area contributed by atoms with Crippen molar-refractivity contribution in [2.24, 2.45) is 14.1 Å². The van der Waals surface area contributed by atoms with E-state index in [1.807, 2.05) is 30.1 Å². The third kappa shape index (κ3) is 2.32. The van der Waals surface area contributed by atoms with Gasteiger partial charge in [0.25, 0.3) is 0 Å². The zero-order chi connectivity index (χ0) is 13.2. The molecule has 0 spiro atoms. The summed E-state index contributed by atoms with van der Waals surface area (Å²) in [4.78, 5) is 0. The smallest absolute Gasteiger partial charge is 0.176 e. The van der Waals surface area contributed by atoms with Crippen molar-refractivity contribution in [1.82, 2.24) is 30.0 Å². The Morgan fingerprint density at radius 3 is 2.84 bits per heavy atom. The van der Waals surface area contributed by atoms with Crippen molar-refractivity contribution in [3.05, 3.63) is 35.8 Å². The lowest BCUT2D eigenvalue weighted by Gasteiger charge is -2.04. The zero-order valence-electron chi connectivity index (χ0n) is 10.8. The fourth-order valence-electron chi connectivity index (χ4n) is 1.93. The number of ether oxygens (including phenoxy) is 1. The molecule has 0 saturated carbocycles. The molecule has 0 bridgehead atoms. The first-order valence-corrected chi connectivity index (χ1v) is 5.93. The first-order valence-electron chi connectivity index (χ1n) is 5.93. The monoisotopic (exact) mass is 258 g/mol. The summed E-state index contributed by atoms with van der Waals surface area (Å²) in [7, 11) is 3.72. The van der Waals surface area contributed by atoms with E-state index in [2.05, 4.69) is 26.7 Å². The highest BCUT2D eigenvalue weighted by Crippen LogP contribution is 2.15. The molecule has 0 aliphatic heterocycles. The molecule has 0 N–H and O–H groups in total. The van der Waals surface area contributed by atoms with Gasteiger partial charge in [-0.1, -0.05) is 6.07 Å². The number of aryl methyl sites for hydroxylation is 2. The lowest BCUT2D eigenvalue weighted by Crippen LogP contribution is -2.02. The quantitative estimate of drug-likeness (QED) is 0.692.